The third-order valence-electron chi connectivity index (χ3n) is 4.39. The number of hydrogen-bond acceptors (Lipinski definition) is 9. The van der Waals surface area contributed by atoms with Gasteiger partial charge in [0.25, 0.3) is 5.69 Å². The lowest BCUT2D eigenvalue weighted by Gasteiger charge is -2.39. The number of amides is 1. The molecule has 0 radical (unpaired) electrons. The Kier molecular flexibility index (Phi) is 8.86. The van der Waals surface area contributed by atoms with E-state index in [0.29, 0.717) is 6.07 Å². The summed E-state index contributed by atoms with van der Waals surface area (Å²) in [6.45, 7) is 3.15. The van der Waals surface area contributed by atoms with Crippen LogP contribution in [0, 0.1) is 16.0 Å². The lowest BCUT2D eigenvalue weighted by Crippen LogP contribution is -2.63. The van der Waals surface area contributed by atoms with Crippen molar-refractivity contribution in [3.63, 3.8) is 0 Å². The standard InChI is InChI=1S/C11H11F3N2O3.C6H12O6/c1-6(2)10(17)15-7-3-4-9(16(18)19)8(5-7)11(12,13)14;7-1-2(8)4(10)6(12)5(11)3(1)9/h3-6H,1-2H3,(H,15,17);1-12H. The normalized spacial score (nSPS) is 28.5. The van der Waals surface area contributed by atoms with Gasteiger partial charge in [-0.25, -0.2) is 0 Å². The summed E-state index contributed by atoms with van der Waals surface area (Å²) in [6, 6.07) is 2.34. The van der Waals surface area contributed by atoms with Crippen LogP contribution in [0.15, 0.2) is 18.2 Å². The molecule has 2 rings (SSSR count). The van der Waals surface area contributed by atoms with Crippen molar-refractivity contribution >= 4 is 17.3 Å². The summed E-state index contributed by atoms with van der Waals surface area (Å²) in [4.78, 5) is 20.8. The van der Waals surface area contributed by atoms with Crippen LogP contribution in [0.5, 0.6) is 0 Å². The van der Waals surface area contributed by atoms with Gasteiger partial charge in [0.05, 0.1) is 4.92 Å². The topological polar surface area (TPSA) is 194 Å². The minimum Gasteiger partial charge on any atom is -0.387 e. The molecule has 0 aliphatic heterocycles. The van der Waals surface area contributed by atoms with E-state index in [2.05, 4.69) is 5.32 Å². The van der Waals surface area contributed by atoms with E-state index >= 15 is 0 Å². The highest BCUT2D eigenvalue weighted by atomic mass is 19.4. The zero-order chi connectivity index (χ0) is 24.3. The molecular weight excluding hydrogens is 433 g/mol. The summed E-state index contributed by atoms with van der Waals surface area (Å²) < 4.78 is 38.0. The van der Waals surface area contributed by atoms with Crippen molar-refractivity contribution in [2.24, 2.45) is 5.92 Å². The number of rotatable bonds is 3. The highest BCUT2D eigenvalue weighted by Gasteiger charge is 2.47. The maximum absolute atomic E-state index is 12.7. The molecule has 0 spiro atoms. The van der Waals surface area contributed by atoms with Crippen LogP contribution in [-0.2, 0) is 11.0 Å². The Balaban J connectivity index is 0.000000343. The first kappa shape index (κ1) is 26.7. The molecule has 1 aliphatic carbocycles. The zero-order valence-corrected chi connectivity index (χ0v) is 16.3. The lowest BCUT2D eigenvalue weighted by molar-refractivity contribution is -0.388. The van der Waals surface area contributed by atoms with Gasteiger partial charge in [-0.05, 0) is 12.1 Å². The first-order chi connectivity index (χ1) is 14.1. The van der Waals surface area contributed by atoms with Gasteiger partial charge in [0.1, 0.15) is 42.2 Å². The molecule has 1 fully saturated rings. The van der Waals surface area contributed by atoms with Crippen LogP contribution in [0.4, 0.5) is 24.5 Å². The first-order valence-electron chi connectivity index (χ1n) is 8.84. The molecule has 0 bridgehead atoms. The number of anilines is 1. The van der Waals surface area contributed by atoms with Crippen molar-refractivity contribution in [1.82, 2.24) is 0 Å². The molecule has 1 aromatic carbocycles. The average molecular weight is 456 g/mol. The Morgan fingerprint density at radius 2 is 1.35 bits per heavy atom. The quantitative estimate of drug-likeness (QED) is 0.229. The zero-order valence-electron chi connectivity index (χ0n) is 16.3. The first-order valence-corrected chi connectivity index (χ1v) is 8.84. The Labute approximate surface area is 173 Å². The second-order valence-electron chi connectivity index (χ2n) is 7.07. The summed E-state index contributed by atoms with van der Waals surface area (Å²) in [6.07, 6.45) is -14.7. The molecule has 176 valence electrons. The number of aliphatic hydroxyl groups is 6. The third-order valence-corrected chi connectivity index (χ3v) is 4.39. The van der Waals surface area contributed by atoms with Crippen LogP contribution in [0.2, 0.25) is 0 Å². The van der Waals surface area contributed by atoms with Gasteiger partial charge in [0, 0.05) is 17.7 Å². The summed E-state index contributed by atoms with van der Waals surface area (Å²) in [5, 5.41) is 66.6. The van der Waals surface area contributed by atoms with Crippen molar-refractivity contribution in [3.05, 3.63) is 33.9 Å². The number of nitro benzene ring substituents is 1. The Morgan fingerprint density at radius 3 is 1.65 bits per heavy atom. The fourth-order valence-corrected chi connectivity index (χ4v) is 2.50. The second kappa shape index (κ2) is 10.3. The van der Waals surface area contributed by atoms with E-state index in [1.54, 1.807) is 13.8 Å². The summed E-state index contributed by atoms with van der Waals surface area (Å²) in [5.74, 6) is -0.883. The number of benzene rings is 1. The van der Waals surface area contributed by atoms with Gasteiger partial charge in [-0.1, -0.05) is 13.8 Å². The molecule has 0 heterocycles. The maximum Gasteiger partial charge on any atom is 0.423 e. The molecule has 0 unspecified atom stereocenters. The number of halogens is 3. The van der Waals surface area contributed by atoms with Gasteiger partial charge in [-0.2, -0.15) is 13.2 Å². The van der Waals surface area contributed by atoms with Crippen molar-refractivity contribution in [1.29, 1.82) is 0 Å². The molecule has 14 heteroatoms. The van der Waals surface area contributed by atoms with Crippen LogP contribution >= 0.6 is 0 Å². The number of hydrogen-bond donors (Lipinski definition) is 7. The highest BCUT2D eigenvalue weighted by molar-refractivity contribution is 5.92. The Hall–Kier alpha value is -2.36. The molecule has 31 heavy (non-hydrogen) atoms. The van der Waals surface area contributed by atoms with Gasteiger partial charge in [0.15, 0.2) is 0 Å². The number of carbonyl (C=O) groups excluding carboxylic acids is 1. The van der Waals surface area contributed by atoms with Gasteiger partial charge in [0.2, 0.25) is 5.91 Å². The van der Waals surface area contributed by atoms with E-state index < -0.39 is 70.8 Å². The van der Waals surface area contributed by atoms with Crippen molar-refractivity contribution in [3.8, 4) is 0 Å². The van der Waals surface area contributed by atoms with E-state index in [0.717, 1.165) is 12.1 Å². The molecular formula is C17H23F3N2O9. The molecule has 1 aliphatic rings. The van der Waals surface area contributed by atoms with Gasteiger partial charge >= 0.3 is 6.18 Å². The molecule has 0 saturated heterocycles. The van der Waals surface area contributed by atoms with E-state index in [4.69, 9.17) is 30.6 Å². The van der Waals surface area contributed by atoms with E-state index in [-0.39, 0.29) is 5.69 Å². The van der Waals surface area contributed by atoms with Crippen LogP contribution in [0.3, 0.4) is 0 Å². The molecule has 0 aromatic heterocycles. The second-order valence-corrected chi connectivity index (χ2v) is 7.07. The number of alkyl halides is 3. The van der Waals surface area contributed by atoms with Crippen LogP contribution < -0.4 is 5.32 Å². The Bertz CT molecular complexity index is 732. The molecule has 11 nitrogen and oxygen atoms in total. The fraction of sp³-hybridized carbons (Fsp3) is 0.588. The molecule has 7 N–H and O–H groups in total. The van der Waals surface area contributed by atoms with Gasteiger partial charge in [-0.15, -0.1) is 0 Å². The SMILES string of the molecule is CC(C)C(=O)Nc1ccc([N+](=O)[O-])c(C(F)(F)F)c1.OC1C(O)C(O)C(O)C(O)C1O. The van der Waals surface area contributed by atoms with Crippen molar-refractivity contribution in [2.75, 3.05) is 5.32 Å². The van der Waals surface area contributed by atoms with E-state index in [1.165, 1.54) is 0 Å². The monoisotopic (exact) mass is 456 g/mol. The molecule has 1 aromatic rings. The average Bonchev–Trinajstić information content (AvgIpc) is 2.68. The molecule has 0 atom stereocenters. The summed E-state index contributed by atoms with van der Waals surface area (Å²) >= 11 is 0. The van der Waals surface area contributed by atoms with Crippen LogP contribution in [0.1, 0.15) is 19.4 Å². The largest absolute Gasteiger partial charge is 0.423 e. The van der Waals surface area contributed by atoms with Gasteiger partial charge in [-0.3, -0.25) is 14.9 Å². The predicted octanol–water partition coefficient (Wildman–Crippen LogP) is -0.627. The molecule has 1 saturated carbocycles. The van der Waals surface area contributed by atoms with Crippen molar-refractivity contribution in [2.45, 2.75) is 56.6 Å². The van der Waals surface area contributed by atoms with E-state index in [1.807, 2.05) is 0 Å². The van der Waals surface area contributed by atoms with Crippen LogP contribution in [0.25, 0.3) is 0 Å². The van der Waals surface area contributed by atoms with Gasteiger partial charge < -0.3 is 36.0 Å². The number of aliphatic hydroxyl groups excluding tert-OH is 6. The number of carbonyl (C=O) groups is 1. The van der Waals surface area contributed by atoms with Crippen molar-refractivity contribution < 1.29 is 53.5 Å². The summed E-state index contributed by atoms with van der Waals surface area (Å²) in [5.41, 5.74) is -2.56. The number of nitrogens with one attached hydrogen (secondary N) is 1. The smallest absolute Gasteiger partial charge is 0.387 e. The number of nitrogens with zero attached hydrogens (tertiary/aromatic N) is 1. The number of nitro groups is 1. The molecule has 1 amide bonds. The summed E-state index contributed by atoms with van der Waals surface area (Å²) in [7, 11) is 0. The fourth-order valence-electron chi connectivity index (χ4n) is 2.50. The maximum atomic E-state index is 12.7. The minimum atomic E-state index is -4.86. The Morgan fingerprint density at radius 1 is 0.968 bits per heavy atom. The van der Waals surface area contributed by atoms with Crippen LogP contribution in [-0.4, -0.2) is 78.1 Å². The third kappa shape index (κ3) is 6.56. The lowest BCUT2D eigenvalue weighted by atomic mass is 9.85. The highest BCUT2D eigenvalue weighted by Crippen LogP contribution is 2.37. The minimum absolute atomic E-state index is 0.128. The predicted molar refractivity (Wildman–Crippen MR) is 97.6 cm³/mol. The van der Waals surface area contributed by atoms with E-state index in [9.17, 15) is 28.1 Å².